The molecule has 0 fully saturated rings. The summed E-state index contributed by atoms with van der Waals surface area (Å²) in [6.07, 6.45) is 1.59. The van der Waals surface area contributed by atoms with Crippen LogP contribution in [0.1, 0.15) is 10.4 Å². The van der Waals surface area contributed by atoms with Crippen LogP contribution in [-0.4, -0.2) is 34.0 Å². The summed E-state index contributed by atoms with van der Waals surface area (Å²) >= 11 is 5.71. The third-order valence-corrected chi connectivity index (χ3v) is 4.45. The summed E-state index contributed by atoms with van der Waals surface area (Å²) in [4.78, 5) is 23.5. The first-order valence-electron chi connectivity index (χ1n) is 8.09. The van der Waals surface area contributed by atoms with Crippen LogP contribution in [0.4, 0.5) is 10.1 Å². The van der Waals surface area contributed by atoms with Gasteiger partial charge < -0.3 is 16.8 Å². The van der Waals surface area contributed by atoms with Gasteiger partial charge >= 0.3 is 0 Å². The molecule has 3 aromatic rings. The van der Waals surface area contributed by atoms with Gasteiger partial charge in [0.15, 0.2) is 0 Å². The summed E-state index contributed by atoms with van der Waals surface area (Å²) in [7, 11) is 0. The van der Waals surface area contributed by atoms with Crippen molar-refractivity contribution in [2.45, 2.75) is 0 Å². The van der Waals surface area contributed by atoms with Gasteiger partial charge in [-0.2, -0.15) is 5.10 Å². The van der Waals surface area contributed by atoms with E-state index in [1.54, 1.807) is 30.5 Å². The second-order valence-electron chi connectivity index (χ2n) is 5.95. The number of anilines is 1. The fourth-order valence-electron chi connectivity index (χ4n) is 2.60. The number of alkyl halides is 1. The summed E-state index contributed by atoms with van der Waals surface area (Å²) < 4.78 is 15.2. The van der Waals surface area contributed by atoms with Gasteiger partial charge in [-0.25, -0.2) is 9.07 Å². The van der Waals surface area contributed by atoms with Gasteiger partial charge in [-0.1, -0.05) is 0 Å². The van der Waals surface area contributed by atoms with E-state index in [0.29, 0.717) is 22.3 Å². The number of hydrogen-bond acceptors (Lipinski definition) is 4. The van der Waals surface area contributed by atoms with Crippen LogP contribution < -0.4 is 16.8 Å². The van der Waals surface area contributed by atoms with Crippen LogP contribution in [0.2, 0.25) is 0 Å². The first-order chi connectivity index (χ1) is 12.9. The molecule has 5 N–H and O–H groups in total. The molecule has 0 saturated carbocycles. The fourth-order valence-corrected chi connectivity index (χ4v) is 2.87. The number of halogens is 2. The largest absolute Gasteiger partial charge is 0.366 e. The molecule has 1 aromatic heterocycles. The topological polar surface area (TPSA) is 116 Å². The minimum atomic E-state index is -0.753. The zero-order valence-electron chi connectivity index (χ0n) is 14.2. The molecule has 0 aliphatic rings. The quantitative estimate of drug-likeness (QED) is 0.559. The molecule has 2 aromatic carbocycles. The number of carbonyl (C=O) groups excluding carboxylic acids is 2. The molecule has 140 valence electrons. The minimum Gasteiger partial charge on any atom is -0.366 e. The van der Waals surface area contributed by atoms with E-state index in [2.05, 4.69) is 10.4 Å². The Labute approximate surface area is 159 Å². The maximum atomic E-state index is 13.7. The summed E-state index contributed by atoms with van der Waals surface area (Å²) in [6, 6.07) is 9.16. The number of aromatic nitrogens is 2. The Hall–Kier alpha value is -2.97. The van der Waals surface area contributed by atoms with Gasteiger partial charge in [0.05, 0.1) is 17.2 Å². The summed E-state index contributed by atoms with van der Waals surface area (Å²) in [5, 5.41) is 7.51. The van der Waals surface area contributed by atoms with Crippen molar-refractivity contribution < 1.29 is 14.0 Å². The summed E-state index contributed by atoms with van der Waals surface area (Å²) in [5.41, 5.74) is 12.4. The Balaban J connectivity index is 1.88. The number of hydrogen-bond donors (Lipinski definition) is 3. The number of benzene rings is 2. The molecule has 9 heteroatoms. The second kappa shape index (κ2) is 7.73. The van der Waals surface area contributed by atoms with E-state index in [0.717, 1.165) is 6.07 Å². The molecular formula is C18H17ClFN5O2. The lowest BCUT2D eigenvalue weighted by Gasteiger charge is -2.12. The monoisotopic (exact) mass is 389 g/mol. The molecule has 0 saturated heterocycles. The molecule has 3 rings (SSSR count). The molecule has 0 radical (unpaired) electrons. The average molecular weight is 390 g/mol. The minimum absolute atomic E-state index is 0.0153. The van der Waals surface area contributed by atoms with Gasteiger partial charge in [0.2, 0.25) is 5.91 Å². The highest BCUT2D eigenvalue weighted by atomic mass is 35.5. The van der Waals surface area contributed by atoms with Gasteiger partial charge in [0.1, 0.15) is 11.3 Å². The van der Waals surface area contributed by atoms with Crippen LogP contribution in [0.25, 0.3) is 16.6 Å². The molecule has 2 amide bonds. The lowest BCUT2D eigenvalue weighted by Crippen LogP contribution is -2.30. The summed E-state index contributed by atoms with van der Waals surface area (Å²) in [5.74, 6) is -1.91. The van der Waals surface area contributed by atoms with Crippen molar-refractivity contribution in [1.29, 1.82) is 0 Å². The molecule has 7 nitrogen and oxygen atoms in total. The van der Waals surface area contributed by atoms with Gasteiger partial charge in [0, 0.05) is 29.7 Å². The number of carbonyl (C=O) groups is 2. The maximum absolute atomic E-state index is 13.7. The van der Waals surface area contributed by atoms with E-state index in [9.17, 15) is 14.0 Å². The number of rotatable bonds is 6. The zero-order chi connectivity index (χ0) is 19.6. The average Bonchev–Trinajstić information content (AvgIpc) is 3.06. The van der Waals surface area contributed by atoms with Crippen molar-refractivity contribution in [3.05, 3.63) is 54.0 Å². The predicted octanol–water partition coefficient (Wildman–Crippen LogP) is 2.02. The molecular weight excluding hydrogens is 373 g/mol. The highest BCUT2D eigenvalue weighted by molar-refractivity contribution is 6.19. The van der Waals surface area contributed by atoms with Gasteiger partial charge in [0.25, 0.3) is 5.91 Å². The molecule has 0 aliphatic carbocycles. The highest BCUT2D eigenvalue weighted by Crippen LogP contribution is 2.22. The standard InChI is InChI=1S/C18H17ClFN5O2/c19-7-11(8-21)18(27)23-13-1-3-14(4-2-13)25-9-10-5-12(20)6-15(17(22)26)16(10)24-25/h1-6,9,11H,7-8,21H2,(H2,22,26)(H,23,27). The van der Waals surface area contributed by atoms with E-state index in [1.165, 1.54) is 10.7 Å². The lowest BCUT2D eigenvalue weighted by molar-refractivity contribution is -0.119. The van der Waals surface area contributed by atoms with Crippen molar-refractivity contribution >= 4 is 40.0 Å². The Morgan fingerprint density at radius 2 is 1.96 bits per heavy atom. The number of primary amides is 1. The maximum Gasteiger partial charge on any atom is 0.251 e. The van der Waals surface area contributed by atoms with Crippen LogP contribution >= 0.6 is 11.6 Å². The molecule has 0 spiro atoms. The van der Waals surface area contributed by atoms with Crippen LogP contribution in [0.5, 0.6) is 0 Å². The molecule has 1 atom stereocenters. The Bertz CT molecular complexity index is 999. The van der Waals surface area contributed by atoms with Crippen molar-refractivity contribution in [3.8, 4) is 5.69 Å². The van der Waals surface area contributed by atoms with Crippen LogP contribution in [0, 0.1) is 11.7 Å². The van der Waals surface area contributed by atoms with Gasteiger partial charge in [-0.15, -0.1) is 11.6 Å². The van der Waals surface area contributed by atoms with Gasteiger partial charge in [-0.05, 0) is 36.4 Å². The number of nitrogens with one attached hydrogen (secondary N) is 1. The first-order valence-corrected chi connectivity index (χ1v) is 8.62. The van der Waals surface area contributed by atoms with E-state index in [1.807, 2.05) is 0 Å². The number of fused-ring (bicyclic) bond motifs is 1. The highest BCUT2D eigenvalue weighted by Gasteiger charge is 2.16. The lowest BCUT2D eigenvalue weighted by atomic mass is 10.1. The smallest absolute Gasteiger partial charge is 0.251 e. The Morgan fingerprint density at radius 3 is 2.56 bits per heavy atom. The second-order valence-corrected chi connectivity index (χ2v) is 6.26. The number of nitrogens with zero attached hydrogens (tertiary/aromatic N) is 2. The van der Waals surface area contributed by atoms with Crippen LogP contribution in [0.3, 0.4) is 0 Å². The Morgan fingerprint density at radius 1 is 1.26 bits per heavy atom. The van der Waals surface area contributed by atoms with Crippen LogP contribution in [-0.2, 0) is 4.79 Å². The first kappa shape index (κ1) is 18.8. The van der Waals surface area contributed by atoms with E-state index >= 15 is 0 Å². The molecule has 0 aliphatic heterocycles. The SMILES string of the molecule is NCC(CCl)C(=O)Nc1ccc(-n2cc3cc(F)cc(C(N)=O)c3n2)cc1. The van der Waals surface area contributed by atoms with E-state index < -0.39 is 17.6 Å². The van der Waals surface area contributed by atoms with E-state index in [-0.39, 0.29) is 23.9 Å². The number of nitrogens with two attached hydrogens (primary N) is 2. The Kier molecular flexibility index (Phi) is 5.38. The third kappa shape index (κ3) is 3.91. The molecule has 1 heterocycles. The molecule has 27 heavy (non-hydrogen) atoms. The van der Waals surface area contributed by atoms with Crippen molar-refractivity contribution in [3.63, 3.8) is 0 Å². The summed E-state index contributed by atoms with van der Waals surface area (Å²) in [6.45, 7) is 0.159. The normalized spacial score (nSPS) is 12.1. The zero-order valence-corrected chi connectivity index (χ0v) is 14.9. The van der Waals surface area contributed by atoms with Crippen molar-refractivity contribution in [2.75, 3.05) is 17.7 Å². The molecule has 0 bridgehead atoms. The number of amides is 2. The molecule has 1 unspecified atom stereocenters. The predicted molar refractivity (Wildman–Crippen MR) is 101 cm³/mol. The third-order valence-electron chi connectivity index (χ3n) is 4.08. The van der Waals surface area contributed by atoms with E-state index in [4.69, 9.17) is 23.1 Å². The van der Waals surface area contributed by atoms with Crippen molar-refractivity contribution in [1.82, 2.24) is 9.78 Å². The van der Waals surface area contributed by atoms with Gasteiger partial charge in [-0.3, -0.25) is 9.59 Å². The van der Waals surface area contributed by atoms with Crippen LogP contribution in [0.15, 0.2) is 42.6 Å². The van der Waals surface area contributed by atoms with Crippen molar-refractivity contribution in [2.24, 2.45) is 17.4 Å². The fraction of sp³-hybridized carbons (Fsp3) is 0.167.